The van der Waals surface area contributed by atoms with Gasteiger partial charge in [-0.05, 0) is 50.2 Å². The van der Waals surface area contributed by atoms with Crippen molar-refractivity contribution in [2.45, 2.75) is 21.3 Å². The molecule has 0 saturated carbocycles. The molecule has 0 atom stereocenters. The van der Waals surface area contributed by atoms with Crippen LogP contribution in [0.2, 0.25) is 0 Å². The van der Waals surface area contributed by atoms with Gasteiger partial charge < -0.3 is 19.6 Å². The maximum Gasteiger partial charge on any atom is 0.248 e. The number of primary amides is 1. The normalized spacial score (nSPS) is 9.06. The molecule has 0 radical (unpaired) electrons. The van der Waals surface area contributed by atoms with Crippen LogP contribution in [0, 0.1) is 6.92 Å². The lowest BCUT2D eigenvalue weighted by Crippen LogP contribution is -2.10. The van der Waals surface area contributed by atoms with E-state index >= 15 is 0 Å². The molecule has 0 aliphatic rings. The fourth-order valence-corrected chi connectivity index (χ4v) is 2.02. The molecule has 1 amide bonds. The lowest BCUT2D eigenvalue weighted by Gasteiger charge is -2.00. The summed E-state index contributed by atoms with van der Waals surface area (Å²) in [6.07, 6.45) is 1.63. The first-order valence-electron chi connectivity index (χ1n) is 8.86. The SMILES string of the molecule is C.CC(=O)CCl.COc1cccc(-c2nc(C)co2)c1.COc1cccc(C(N)=O)c1. The number of rotatable bonds is 5. The van der Waals surface area contributed by atoms with E-state index in [0.29, 0.717) is 17.2 Å². The highest BCUT2D eigenvalue weighted by Crippen LogP contribution is 2.22. The summed E-state index contributed by atoms with van der Waals surface area (Å²) in [6.45, 7) is 3.35. The first-order chi connectivity index (χ1) is 14.3. The van der Waals surface area contributed by atoms with Gasteiger partial charge >= 0.3 is 0 Å². The summed E-state index contributed by atoms with van der Waals surface area (Å²) in [5.74, 6) is 1.79. The van der Waals surface area contributed by atoms with Crippen molar-refractivity contribution >= 4 is 23.3 Å². The number of methoxy groups -OCH3 is 2. The van der Waals surface area contributed by atoms with Gasteiger partial charge in [-0.3, -0.25) is 9.59 Å². The largest absolute Gasteiger partial charge is 0.497 e. The van der Waals surface area contributed by atoms with Crippen molar-refractivity contribution < 1.29 is 23.5 Å². The van der Waals surface area contributed by atoms with Crippen LogP contribution in [-0.4, -0.2) is 36.8 Å². The van der Waals surface area contributed by atoms with Gasteiger partial charge in [0.25, 0.3) is 0 Å². The summed E-state index contributed by atoms with van der Waals surface area (Å²) in [5.41, 5.74) is 7.31. The second kappa shape index (κ2) is 14.6. The van der Waals surface area contributed by atoms with E-state index in [-0.39, 0.29) is 19.1 Å². The second-order valence-corrected chi connectivity index (χ2v) is 6.23. The van der Waals surface area contributed by atoms with E-state index in [1.165, 1.54) is 6.92 Å². The molecule has 168 valence electrons. The number of benzene rings is 2. The number of aromatic nitrogens is 1. The molecular weight excluding hydrogens is 420 g/mol. The zero-order valence-electron chi connectivity index (χ0n) is 17.3. The Morgan fingerprint density at radius 2 is 1.61 bits per heavy atom. The van der Waals surface area contributed by atoms with Crippen LogP contribution >= 0.6 is 11.6 Å². The molecular formula is C23H29ClN2O5. The van der Waals surface area contributed by atoms with Crippen molar-refractivity contribution in [1.82, 2.24) is 4.98 Å². The molecule has 0 saturated heterocycles. The van der Waals surface area contributed by atoms with E-state index < -0.39 is 5.91 Å². The highest BCUT2D eigenvalue weighted by atomic mass is 35.5. The van der Waals surface area contributed by atoms with Gasteiger partial charge in [-0.1, -0.05) is 19.6 Å². The number of carbonyl (C=O) groups is 2. The fourth-order valence-electron chi connectivity index (χ4n) is 2.02. The summed E-state index contributed by atoms with van der Waals surface area (Å²) in [6, 6.07) is 14.4. The van der Waals surface area contributed by atoms with Crippen molar-refractivity contribution in [1.29, 1.82) is 0 Å². The third kappa shape index (κ3) is 10.3. The summed E-state index contributed by atoms with van der Waals surface area (Å²) in [4.78, 5) is 24.6. The molecule has 1 heterocycles. The smallest absolute Gasteiger partial charge is 0.248 e. The van der Waals surface area contributed by atoms with Crippen LogP contribution in [0.5, 0.6) is 11.5 Å². The summed E-state index contributed by atoms with van der Waals surface area (Å²) in [7, 11) is 3.18. The Morgan fingerprint density at radius 1 is 1.06 bits per heavy atom. The number of nitrogens with two attached hydrogens (primary N) is 1. The maximum atomic E-state index is 10.6. The molecule has 8 heteroatoms. The minimum absolute atomic E-state index is 0. The number of amides is 1. The predicted molar refractivity (Wildman–Crippen MR) is 123 cm³/mol. The number of Topliss-reactive ketones (excluding diaryl/α,β-unsaturated/α-hetero) is 1. The zero-order valence-corrected chi connectivity index (χ0v) is 18.1. The monoisotopic (exact) mass is 448 g/mol. The molecule has 2 N–H and O–H groups in total. The minimum Gasteiger partial charge on any atom is -0.497 e. The number of oxazole rings is 1. The predicted octanol–water partition coefficient (Wildman–Crippen LogP) is 4.90. The number of carbonyl (C=O) groups excluding carboxylic acids is 2. The van der Waals surface area contributed by atoms with Crippen molar-refractivity contribution in [3.05, 3.63) is 66.1 Å². The summed E-state index contributed by atoms with van der Waals surface area (Å²) >= 11 is 4.99. The van der Waals surface area contributed by atoms with Gasteiger partial charge in [0.1, 0.15) is 23.5 Å². The topological polar surface area (TPSA) is 105 Å². The van der Waals surface area contributed by atoms with Crippen molar-refractivity contribution in [2.24, 2.45) is 5.73 Å². The van der Waals surface area contributed by atoms with Crippen LogP contribution in [0.15, 0.2) is 59.2 Å². The standard InChI is InChI=1S/C11H11NO2.C8H9NO2.C3H5ClO.CH4/c1-8-7-14-11(12-8)9-4-3-5-10(6-9)13-2;1-11-7-4-2-3-6(5-7)8(9)10;1-3(5)2-4;/h3-7H,1-2H3;2-5H,1H3,(H2,9,10);2H2,1H3;1H4. The van der Waals surface area contributed by atoms with E-state index in [1.807, 2.05) is 31.2 Å². The molecule has 0 aliphatic heterocycles. The van der Waals surface area contributed by atoms with Gasteiger partial charge in [0.15, 0.2) is 0 Å². The summed E-state index contributed by atoms with van der Waals surface area (Å²) in [5, 5.41) is 0. The summed E-state index contributed by atoms with van der Waals surface area (Å²) < 4.78 is 15.3. The van der Waals surface area contributed by atoms with Gasteiger partial charge in [-0.2, -0.15) is 0 Å². The lowest BCUT2D eigenvalue weighted by molar-refractivity contribution is -0.114. The molecule has 3 rings (SSSR count). The number of alkyl halides is 1. The Kier molecular flexibility index (Phi) is 13.1. The van der Waals surface area contributed by atoms with E-state index in [0.717, 1.165) is 17.0 Å². The van der Waals surface area contributed by atoms with Gasteiger partial charge in [0.05, 0.1) is 25.8 Å². The molecule has 3 aromatic rings. The quantitative estimate of drug-likeness (QED) is 0.556. The molecule has 0 spiro atoms. The van der Waals surface area contributed by atoms with Gasteiger partial charge in [-0.25, -0.2) is 4.98 Å². The van der Waals surface area contributed by atoms with E-state index in [1.54, 1.807) is 44.7 Å². The van der Waals surface area contributed by atoms with Crippen LogP contribution in [0.3, 0.4) is 0 Å². The second-order valence-electron chi connectivity index (χ2n) is 5.96. The number of ketones is 1. The van der Waals surface area contributed by atoms with E-state index in [9.17, 15) is 9.59 Å². The molecule has 0 unspecified atom stereocenters. The van der Waals surface area contributed by atoms with Crippen molar-refractivity contribution in [3.63, 3.8) is 0 Å². The third-order valence-corrected chi connectivity index (χ3v) is 3.85. The zero-order chi connectivity index (χ0) is 22.5. The third-order valence-electron chi connectivity index (χ3n) is 3.48. The number of nitrogens with zero attached hydrogens (tertiary/aromatic N) is 1. The molecule has 1 aromatic heterocycles. The lowest BCUT2D eigenvalue weighted by atomic mass is 10.2. The number of hydrogen-bond acceptors (Lipinski definition) is 6. The van der Waals surface area contributed by atoms with Crippen LogP contribution in [0.4, 0.5) is 0 Å². The fraction of sp³-hybridized carbons (Fsp3) is 0.261. The molecule has 0 aliphatic carbocycles. The minimum atomic E-state index is -0.441. The van der Waals surface area contributed by atoms with E-state index in [4.69, 9.17) is 31.2 Å². The molecule has 7 nitrogen and oxygen atoms in total. The molecule has 31 heavy (non-hydrogen) atoms. The molecule has 0 fully saturated rings. The molecule has 2 aromatic carbocycles. The van der Waals surface area contributed by atoms with Crippen LogP contribution < -0.4 is 15.2 Å². The Hall–Kier alpha value is -3.32. The number of ether oxygens (including phenoxy) is 2. The number of halogens is 1. The Labute approximate surface area is 188 Å². The number of aryl methyl sites for hydroxylation is 1. The molecule has 0 bridgehead atoms. The Morgan fingerprint density at radius 3 is 2.06 bits per heavy atom. The first-order valence-corrected chi connectivity index (χ1v) is 9.40. The van der Waals surface area contributed by atoms with Gasteiger partial charge in [-0.15, -0.1) is 11.6 Å². The maximum absolute atomic E-state index is 10.6. The van der Waals surface area contributed by atoms with E-state index in [2.05, 4.69) is 4.98 Å². The average Bonchev–Trinajstić information content (AvgIpc) is 3.21. The first kappa shape index (κ1) is 27.7. The van der Waals surface area contributed by atoms with Crippen LogP contribution in [-0.2, 0) is 4.79 Å². The van der Waals surface area contributed by atoms with Gasteiger partial charge in [0.2, 0.25) is 11.8 Å². The van der Waals surface area contributed by atoms with Gasteiger partial charge in [0, 0.05) is 11.1 Å². The highest BCUT2D eigenvalue weighted by Gasteiger charge is 2.04. The van der Waals surface area contributed by atoms with Crippen molar-refractivity contribution in [2.75, 3.05) is 20.1 Å². The number of hydrogen-bond donors (Lipinski definition) is 1. The van der Waals surface area contributed by atoms with Crippen molar-refractivity contribution in [3.8, 4) is 23.0 Å². The highest BCUT2D eigenvalue weighted by molar-refractivity contribution is 6.27. The van der Waals surface area contributed by atoms with Crippen LogP contribution in [0.1, 0.15) is 30.4 Å². The Balaban J connectivity index is 0.000000476. The van der Waals surface area contributed by atoms with Crippen LogP contribution in [0.25, 0.3) is 11.5 Å². The Bertz CT molecular complexity index is 956. The average molecular weight is 449 g/mol.